The zero-order valence-electron chi connectivity index (χ0n) is 9.61. The summed E-state index contributed by atoms with van der Waals surface area (Å²) in [6.45, 7) is 1.27. The molecule has 0 amide bonds. The molecular formula is C8H12N3O6P. The monoisotopic (exact) mass is 277 g/mol. The molecule has 10 heteroatoms. The Balaban J connectivity index is 0.000000631. The number of benzene rings is 1. The Hall–Kier alpha value is -1.99. The molecule has 0 heterocycles. The van der Waals surface area contributed by atoms with Crippen LogP contribution in [-0.4, -0.2) is 28.5 Å². The highest BCUT2D eigenvalue weighted by atomic mass is 31.1. The summed E-state index contributed by atoms with van der Waals surface area (Å²) in [6.07, 6.45) is 0. The van der Waals surface area contributed by atoms with Gasteiger partial charge in [-0.25, -0.2) is 0 Å². The molecule has 0 aliphatic rings. The molecule has 0 fully saturated rings. The third-order valence-electron chi connectivity index (χ3n) is 1.66. The first-order chi connectivity index (χ1) is 8.29. The average Bonchev–Trinajstić information content (AvgIpc) is 2.27. The van der Waals surface area contributed by atoms with Crippen LogP contribution in [0.25, 0.3) is 0 Å². The molecule has 0 spiro atoms. The lowest BCUT2D eigenvalue weighted by Crippen LogP contribution is -1.98. The van der Waals surface area contributed by atoms with Crippen molar-refractivity contribution in [2.75, 3.05) is 19.0 Å². The maximum atomic E-state index is 10.5. The highest BCUT2D eigenvalue weighted by Crippen LogP contribution is 2.28. The van der Waals surface area contributed by atoms with Crippen LogP contribution in [0, 0.1) is 20.2 Å². The van der Waals surface area contributed by atoms with Crippen LogP contribution in [0.15, 0.2) is 18.2 Å². The molecule has 1 aromatic rings. The van der Waals surface area contributed by atoms with Gasteiger partial charge in [-0.2, -0.15) is 0 Å². The van der Waals surface area contributed by atoms with Gasteiger partial charge in [-0.1, -0.05) is 0 Å². The highest BCUT2D eigenvalue weighted by molar-refractivity contribution is 7.36. The summed E-state index contributed by atoms with van der Waals surface area (Å²) in [5.41, 5.74) is -0.349. The van der Waals surface area contributed by atoms with E-state index in [-0.39, 0.29) is 17.1 Å². The Morgan fingerprint density at radius 2 is 1.78 bits per heavy atom. The third-order valence-corrected chi connectivity index (χ3v) is 1.66. The fourth-order valence-corrected chi connectivity index (χ4v) is 0.996. The summed E-state index contributed by atoms with van der Waals surface area (Å²) in [5.74, 6) is 0. The van der Waals surface area contributed by atoms with Gasteiger partial charge in [0.2, 0.25) is 0 Å². The van der Waals surface area contributed by atoms with E-state index < -0.39 is 17.9 Å². The van der Waals surface area contributed by atoms with Gasteiger partial charge in [-0.3, -0.25) is 24.8 Å². The molecule has 9 nitrogen and oxygen atoms in total. The number of non-ortho nitro benzene ring substituents is 1. The molecule has 0 aliphatic heterocycles. The highest BCUT2D eigenvalue weighted by Gasteiger charge is 2.17. The minimum Gasteiger partial charge on any atom is -0.383 e. The van der Waals surface area contributed by atoms with E-state index in [1.54, 1.807) is 0 Å². The largest absolute Gasteiger partial charge is 0.383 e. The van der Waals surface area contributed by atoms with E-state index in [9.17, 15) is 24.8 Å². The van der Waals surface area contributed by atoms with Gasteiger partial charge in [-0.05, 0) is 6.07 Å². The van der Waals surface area contributed by atoms with Crippen molar-refractivity contribution in [1.82, 2.24) is 0 Å². The summed E-state index contributed by atoms with van der Waals surface area (Å²) < 4.78 is 9.19. The number of rotatable bonds is 3. The molecule has 0 aliphatic carbocycles. The van der Waals surface area contributed by atoms with Gasteiger partial charge in [0.05, 0.1) is 15.9 Å². The molecule has 1 rings (SSSR count). The van der Waals surface area contributed by atoms with Gasteiger partial charge < -0.3 is 10.2 Å². The lowest BCUT2D eigenvalue weighted by atomic mass is 10.2. The molecule has 1 unspecified atom stereocenters. The molecule has 0 radical (unpaired) electrons. The Morgan fingerprint density at radius 1 is 1.28 bits per heavy atom. The molecule has 1 atom stereocenters. The third kappa shape index (κ3) is 5.37. The lowest BCUT2D eigenvalue weighted by molar-refractivity contribution is -0.393. The maximum absolute atomic E-state index is 10.5. The average molecular weight is 277 g/mol. The first kappa shape index (κ1) is 16.0. The second kappa shape index (κ2) is 7.36. The van der Waals surface area contributed by atoms with Crippen LogP contribution in [0.3, 0.4) is 0 Å². The van der Waals surface area contributed by atoms with E-state index in [2.05, 4.69) is 5.32 Å². The number of nitro groups is 2. The fourth-order valence-electron chi connectivity index (χ4n) is 0.996. The van der Waals surface area contributed by atoms with Crippen LogP contribution in [0.5, 0.6) is 0 Å². The van der Waals surface area contributed by atoms with E-state index >= 15 is 0 Å². The van der Waals surface area contributed by atoms with Crippen LogP contribution in [-0.2, 0) is 4.57 Å². The Morgan fingerprint density at radius 3 is 2.11 bits per heavy atom. The van der Waals surface area contributed by atoms with Crippen LogP contribution in [0.1, 0.15) is 0 Å². The second-order valence-corrected chi connectivity index (χ2v) is 4.02. The number of nitrogens with zero attached hydrogens (tertiary/aromatic N) is 2. The number of hydrogen-bond donors (Lipinski definition) is 2. The minimum atomic E-state index is -2.13. The van der Waals surface area contributed by atoms with Crippen molar-refractivity contribution in [3.05, 3.63) is 38.4 Å². The van der Waals surface area contributed by atoms with Crippen molar-refractivity contribution < 1.29 is 19.3 Å². The topological polar surface area (TPSA) is 136 Å². The van der Waals surface area contributed by atoms with Crippen molar-refractivity contribution >= 4 is 25.1 Å². The zero-order valence-corrected chi connectivity index (χ0v) is 10.6. The van der Waals surface area contributed by atoms with E-state index in [4.69, 9.17) is 4.89 Å². The lowest BCUT2D eigenvalue weighted by Gasteiger charge is -2.00. The quantitative estimate of drug-likeness (QED) is 0.486. The molecule has 100 valence electrons. The van der Waals surface area contributed by atoms with Gasteiger partial charge >= 0.3 is 0 Å². The summed E-state index contributed by atoms with van der Waals surface area (Å²) >= 11 is 0. The van der Waals surface area contributed by atoms with E-state index in [1.807, 2.05) is 0 Å². The smallest absolute Gasteiger partial charge is 0.299 e. The molecule has 0 saturated carbocycles. The Bertz CT molecular complexity index is 474. The molecule has 0 aromatic heterocycles. The molecule has 2 N–H and O–H groups in total. The van der Waals surface area contributed by atoms with Gasteiger partial charge in [0.15, 0.2) is 8.03 Å². The SMILES string of the molecule is CNc1ccc([N+](=O)[O-])cc1[N+](=O)[O-].C[PH](=O)O. The zero-order chi connectivity index (χ0) is 14.3. The molecule has 18 heavy (non-hydrogen) atoms. The van der Waals surface area contributed by atoms with E-state index in [0.717, 1.165) is 6.07 Å². The Labute approximate surface area is 103 Å². The normalized spacial score (nSPS) is 10.8. The summed E-state index contributed by atoms with van der Waals surface area (Å²) in [7, 11) is -0.622. The van der Waals surface area contributed by atoms with Crippen molar-refractivity contribution in [3.8, 4) is 0 Å². The first-order valence-corrected chi connectivity index (χ1v) is 6.45. The minimum absolute atomic E-state index is 0.251. The predicted octanol–water partition coefficient (Wildman–Crippen LogP) is 1.63. The van der Waals surface area contributed by atoms with Gasteiger partial charge in [0, 0.05) is 19.8 Å². The van der Waals surface area contributed by atoms with Crippen molar-refractivity contribution in [2.24, 2.45) is 0 Å². The van der Waals surface area contributed by atoms with Gasteiger partial charge in [-0.15, -0.1) is 0 Å². The number of nitro benzene ring substituents is 2. The van der Waals surface area contributed by atoms with Crippen molar-refractivity contribution in [1.29, 1.82) is 0 Å². The van der Waals surface area contributed by atoms with Gasteiger partial charge in [0.1, 0.15) is 5.69 Å². The van der Waals surface area contributed by atoms with Crippen LogP contribution < -0.4 is 5.32 Å². The Kier molecular flexibility index (Phi) is 6.54. The second-order valence-electron chi connectivity index (χ2n) is 2.98. The number of hydrogen-bond acceptors (Lipinski definition) is 6. The van der Waals surface area contributed by atoms with Crippen LogP contribution >= 0.6 is 8.03 Å². The van der Waals surface area contributed by atoms with Gasteiger partial charge in [0.25, 0.3) is 11.4 Å². The number of nitrogens with one attached hydrogen (secondary N) is 1. The maximum Gasteiger partial charge on any atom is 0.299 e. The summed E-state index contributed by atoms with van der Waals surface area (Å²) in [4.78, 5) is 27.1. The van der Waals surface area contributed by atoms with E-state index in [0.29, 0.717) is 0 Å². The molecular weight excluding hydrogens is 265 g/mol. The molecule has 1 aromatic carbocycles. The standard InChI is InChI=1S/C7H7N3O4.CH5O2P/c1-8-6-3-2-5(9(11)12)4-7(6)10(13)14;1-4(2)3/h2-4,8H,1H3;4H,1H3,(H,2,3). The molecule has 0 bridgehead atoms. The van der Waals surface area contributed by atoms with Crippen molar-refractivity contribution in [3.63, 3.8) is 0 Å². The van der Waals surface area contributed by atoms with E-state index in [1.165, 1.54) is 25.8 Å². The fraction of sp³-hybridized carbons (Fsp3) is 0.250. The summed E-state index contributed by atoms with van der Waals surface area (Å²) in [5, 5.41) is 23.4. The number of anilines is 1. The van der Waals surface area contributed by atoms with Crippen molar-refractivity contribution in [2.45, 2.75) is 0 Å². The summed E-state index contributed by atoms with van der Waals surface area (Å²) in [6, 6.07) is 3.43. The molecule has 0 saturated heterocycles. The predicted molar refractivity (Wildman–Crippen MR) is 66.4 cm³/mol. The van der Waals surface area contributed by atoms with Crippen LogP contribution in [0.2, 0.25) is 0 Å². The van der Waals surface area contributed by atoms with Crippen LogP contribution in [0.4, 0.5) is 17.1 Å². The first-order valence-electron chi connectivity index (χ1n) is 4.59.